The maximum atomic E-state index is 12.4. The first-order valence-corrected chi connectivity index (χ1v) is 6.89. The molecule has 2 aliphatic rings. The summed E-state index contributed by atoms with van der Waals surface area (Å²) in [5, 5.41) is 8.97. The Morgan fingerprint density at radius 1 is 1.29 bits per heavy atom. The van der Waals surface area contributed by atoms with Crippen LogP contribution in [-0.2, 0) is 4.74 Å². The van der Waals surface area contributed by atoms with E-state index < -0.39 is 11.9 Å². The standard InChI is InChI=1S/C15H15NO5/c1-2-21-10-6-9(7-10)16-13(17)11-4-3-8(15(19)20)5-12(11)14(16)18/h3-5,9-10H,2,6-7H2,1H3,(H,19,20). The zero-order chi connectivity index (χ0) is 15.1. The van der Waals surface area contributed by atoms with Gasteiger partial charge in [-0.25, -0.2) is 4.79 Å². The molecule has 1 saturated carbocycles. The Labute approximate surface area is 121 Å². The van der Waals surface area contributed by atoms with Crippen molar-refractivity contribution >= 4 is 17.8 Å². The molecule has 3 rings (SSSR count). The third-order valence-corrected chi connectivity index (χ3v) is 4.00. The number of aromatic carboxylic acids is 1. The Morgan fingerprint density at radius 3 is 2.57 bits per heavy atom. The van der Waals surface area contributed by atoms with Gasteiger partial charge in [0.15, 0.2) is 0 Å². The second kappa shape index (κ2) is 4.96. The van der Waals surface area contributed by atoms with Crippen LogP contribution in [0.15, 0.2) is 18.2 Å². The smallest absolute Gasteiger partial charge is 0.335 e. The van der Waals surface area contributed by atoms with Crippen molar-refractivity contribution in [3.8, 4) is 0 Å². The second-order valence-electron chi connectivity index (χ2n) is 5.25. The van der Waals surface area contributed by atoms with Crippen LogP contribution in [0.5, 0.6) is 0 Å². The molecular weight excluding hydrogens is 274 g/mol. The summed E-state index contributed by atoms with van der Waals surface area (Å²) in [5.74, 6) is -1.86. The summed E-state index contributed by atoms with van der Waals surface area (Å²) in [4.78, 5) is 36.9. The summed E-state index contributed by atoms with van der Waals surface area (Å²) < 4.78 is 5.44. The quantitative estimate of drug-likeness (QED) is 0.850. The fourth-order valence-corrected chi connectivity index (χ4v) is 2.84. The van der Waals surface area contributed by atoms with E-state index in [2.05, 4.69) is 0 Å². The molecule has 1 aliphatic carbocycles. The Balaban J connectivity index is 1.83. The Bertz CT molecular complexity index is 633. The summed E-state index contributed by atoms with van der Waals surface area (Å²) in [5.41, 5.74) is 0.474. The van der Waals surface area contributed by atoms with Crippen molar-refractivity contribution in [1.29, 1.82) is 0 Å². The molecule has 21 heavy (non-hydrogen) atoms. The molecule has 1 N–H and O–H groups in total. The molecule has 1 aromatic rings. The lowest BCUT2D eigenvalue weighted by atomic mass is 9.88. The number of nitrogens with zero attached hydrogens (tertiary/aromatic N) is 1. The van der Waals surface area contributed by atoms with E-state index in [9.17, 15) is 14.4 Å². The maximum Gasteiger partial charge on any atom is 0.335 e. The van der Waals surface area contributed by atoms with Crippen molar-refractivity contribution < 1.29 is 24.2 Å². The molecule has 0 saturated heterocycles. The molecule has 110 valence electrons. The van der Waals surface area contributed by atoms with Gasteiger partial charge in [-0.05, 0) is 38.0 Å². The van der Waals surface area contributed by atoms with Crippen molar-refractivity contribution in [2.24, 2.45) is 0 Å². The third-order valence-electron chi connectivity index (χ3n) is 4.00. The Hall–Kier alpha value is -2.21. The zero-order valence-electron chi connectivity index (χ0n) is 11.5. The van der Waals surface area contributed by atoms with Gasteiger partial charge in [-0.1, -0.05) is 0 Å². The van der Waals surface area contributed by atoms with Gasteiger partial charge in [-0.3, -0.25) is 14.5 Å². The van der Waals surface area contributed by atoms with E-state index in [0.29, 0.717) is 19.4 Å². The number of ether oxygens (including phenoxy) is 1. The highest BCUT2D eigenvalue weighted by Crippen LogP contribution is 2.34. The van der Waals surface area contributed by atoms with Crippen LogP contribution in [0.3, 0.4) is 0 Å². The topological polar surface area (TPSA) is 83.9 Å². The van der Waals surface area contributed by atoms with E-state index in [1.165, 1.54) is 23.1 Å². The van der Waals surface area contributed by atoms with Gasteiger partial charge in [0.05, 0.1) is 22.8 Å². The number of rotatable bonds is 4. The summed E-state index contributed by atoms with van der Waals surface area (Å²) >= 11 is 0. The number of fused-ring (bicyclic) bond motifs is 1. The van der Waals surface area contributed by atoms with E-state index in [0.717, 1.165) is 0 Å². The van der Waals surface area contributed by atoms with Gasteiger partial charge >= 0.3 is 5.97 Å². The minimum absolute atomic E-state index is 0.0116. The number of carboxylic acids is 1. The number of amides is 2. The Morgan fingerprint density at radius 2 is 1.95 bits per heavy atom. The SMILES string of the molecule is CCOC1CC(N2C(=O)c3ccc(C(=O)O)cc3C2=O)C1. The van der Waals surface area contributed by atoms with Crippen LogP contribution in [0, 0.1) is 0 Å². The molecule has 0 atom stereocenters. The fraction of sp³-hybridized carbons (Fsp3) is 0.400. The van der Waals surface area contributed by atoms with Crippen LogP contribution in [0.4, 0.5) is 0 Å². The predicted molar refractivity (Wildman–Crippen MR) is 72.3 cm³/mol. The molecular formula is C15H15NO5. The van der Waals surface area contributed by atoms with Crippen LogP contribution in [0.2, 0.25) is 0 Å². The second-order valence-corrected chi connectivity index (χ2v) is 5.25. The number of hydrogen-bond acceptors (Lipinski definition) is 4. The lowest BCUT2D eigenvalue weighted by Gasteiger charge is -2.39. The average molecular weight is 289 g/mol. The number of benzene rings is 1. The van der Waals surface area contributed by atoms with Gasteiger partial charge in [0, 0.05) is 12.6 Å². The molecule has 0 aromatic heterocycles. The van der Waals surface area contributed by atoms with E-state index in [1.54, 1.807) is 0 Å². The van der Waals surface area contributed by atoms with E-state index in [4.69, 9.17) is 9.84 Å². The summed E-state index contributed by atoms with van der Waals surface area (Å²) in [6, 6.07) is 3.88. The minimum Gasteiger partial charge on any atom is -0.478 e. The van der Waals surface area contributed by atoms with Gasteiger partial charge in [-0.2, -0.15) is 0 Å². The molecule has 1 heterocycles. The van der Waals surface area contributed by atoms with Crippen molar-refractivity contribution in [3.05, 3.63) is 34.9 Å². The molecule has 1 aromatic carbocycles. The van der Waals surface area contributed by atoms with Gasteiger partial charge < -0.3 is 9.84 Å². The van der Waals surface area contributed by atoms with Crippen LogP contribution in [0.25, 0.3) is 0 Å². The maximum absolute atomic E-state index is 12.4. The van der Waals surface area contributed by atoms with Crippen LogP contribution in [0.1, 0.15) is 50.8 Å². The molecule has 0 spiro atoms. The number of carboxylic acid groups (broad SMARTS) is 1. The highest BCUT2D eigenvalue weighted by atomic mass is 16.5. The fourth-order valence-electron chi connectivity index (χ4n) is 2.84. The summed E-state index contributed by atoms with van der Waals surface area (Å²) in [6.45, 7) is 2.52. The van der Waals surface area contributed by atoms with Crippen molar-refractivity contribution in [2.45, 2.75) is 31.9 Å². The van der Waals surface area contributed by atoms with Crippen LogP contribution >= 0.6 is 0 Å². The molecule has 1 aliphatic heterocycles. The number of imide groups is 1. The van der Waals surface area contributed by atoms with Crippen molar-refractivity contribution in [3.63, 3.8) is 0 Å². The van der Waals surface area contributed by atoms with E-state index in [1.807, 2.05) is 6.92 Å². The largest absolute Gasteiger partial charge is 0.478 e. The molecule has 1 fully saturated rings. The average Bonchev–Trinajstić information content (AvgIpc) is 2.66. The lowest BCUT2D eigenvalue weighted by molar-refractivity contribution is -0.0330. The van der Waals surface area contributed by atoms with E-state index >= 15 is 0 Å². The first kappa shape index (κ1) is 13.8. The molecule has 6 heteroatoms. The minimum atomic E-state index is -1.11. The first-order valence-electron chi connectivity index (χ1n) is 6.89. The molecule has 6 nitrogen and oxygen atoms in total. The molecule has 0 radical (unpaired) electrons. The molecule has 0 unspecified atom stereocenters. The highest BCUT2D eigenvalue weighted by Gasteiger charge is 2.45. The molecule has 2 amide bonds. The van der Waals surface area contributed by atoms with Crippen molar-refractivity contribution in [1.82, 2.24) is 4.90 Å². The summed E-state index contributed by atoms with van der Waals surface area (Å²) in [6.07, 6.45) is 1.38. The highest BCUT2D eigenvalue weighted by molar-refractivity contribution is 6.22. The van der Waals surface area contributed by atoms with Crippen LogP contribution < -0.4 is 0 Å². The predicted octanol–water partition coefficient (Wildman–Crippen LogP) is 1.55. The van der Waals surface area contributed by atoms with Gasteiger partial charge in [0.25, 0.3) is 11.8 Å². The monoisotopic (exact) mass is 289 g/mol. The van der Waals surface area contributed by atoms with Crippen LogP contribution in [-0.4, -0.2) is 46.5 Å². The number of carbonyl (C=O) groups excluding carboxylic acids is 2. The van der Waals surface area contributed by atoms with E-state index in [-0.39, 0.29) is 34.7 Å². The molecule has 0 bridgehead atoms. The summed E-state index contributed by atoms with van der Waals surface area (Å²) in [7, 11) is 0. The third kappa shape index (κ3) is 2.12. The van der Waals surface area contributed by atoms with Gasteiger partial charge in [0.1, 0.15) is 0 Å². The number of hydrogen-bond donors (Lipinski definition) is 1. The lowest BCUT2D eigenvalue weighted by Crippen LogP contribution is -2.50. The van der Waals surface area contributed by atoms with Gasteiger partial charge in [0.2, 0.25) is 0 Å². The number of carbonyl (C=O) groups is 3. The normalized spacial score (nSPS) is 24.0. The first-order chi connectivity index (χ1) is 10.0. The van der Waals surface area contributed by atoms with Gasteiger partial charge in [-0.15, -0.1) is 0 Å². The zero-order valence-corrected chi connectivity index (χ0v) is 11.5. The Kier molecular flexibility index (Phi) is 3.25. The van der Waals surface area contributed by atoms with Crippen molar-refractivity contribution in [2.75, 3.05) is 6.61 Å².